The molecule has 8 nitrogen and oxygen atoms in total. The van der Waals surface area contributed by atoms with Crippen molar-refractivity contribution in [2.24, 2.45) is 0 Å². The van der Waals surface area contributed by atoms with Crippen molar-refractivity contribution in [1.82, 2.24) is 4.31 Å². The van der Waals surface area contributed by atoms with E-state index in [1.54, 1.807) is 56.3 Å². The minimum Gasteiger partial charge on any atom is -0.464 e. The van der Waals surface area contributed by atoms with Gasteiger partial charge in [-0.15, -0.1) is 4.31 Å². The largest absolute Gasteiger partial charge is 0.464 e. The number of hydrogen-bond donors (Lipinski definition) is 0. The number of rotatable bonds is 7. The van der Waals surface area contributed by atoms with E-state index in [4.69, 9.17) is 14.2 Å². The Hall–Kier alpha value is -3.27. The molecule has 1 aliphatic heterocycles. The lowest BCUT2D eigenvalue weighted by molar-refractivity contribution is -0.172. The SMILES string of the molecule is CCOC(=O)C1(C(=O)OCC)[C@H](c2cccc3ccccc23)O[C@H](c2ccccc2)N1S(C)(=O)=O. The summed E-state index contributed by atoms with van der Waals surface area (Å²) in [6.07, 6.45) is -1.68. The molecule has 1 fully saturated rings. The highest BCUT2D eigenvalue weighted by Crippen LogP contribution is 2.53. The normalized spacial score (nSPS) is 20.0. The molecule has 0 radical (unpaired) electrons. The van der Waals surface area contributed by atoms with Crippen molar-refractivity contribution < 1.29 is 32.2 Å². The molecular formula is C26H27NO7S. The fourth-order valence-electron chi connectivity index (χ4n) is 4.59. The second kappa shape index (κ2) is 9.77. The van der Waals surface area contributed by atoms with Crippen LogP contribution in [0.15, 0.2) is 72.8 Å². The molecule has 0 aromatic heterocycles. The van der Waals surface area contributed by atoms with Crippen molar-refractivity contribution in [3.63, 3.8) is 0 Å². The molecule has 0 bridgehead atoms. The summed E-state index contributed by atoms with van der Waals surface area (Å²) in [4.78, 5) is 27.5. The molecule has 4 rings (SSSR count). The van der Waals surface area contributed by atoms with E-state index in [-0.39, 0.29) is 13.2 Å². The number of esters is 2. The Labute approximate surface area is 204 Å². The van der Waals surface area contributed by atoms with E-state index in [0.29, 0.717) is 16.5 Å². The number of ether oxygens (including phenoxy) is 3. The highest BCUT2D eigenvalue weighted by Gasteiger charge is 2.70. The van der Waals surface area contributed by atoms with E-state index in [2.05, 4.69) is 0 Å². The molecule has 0 N–H and O–H groups in total. The zero-order valence-electron chi connectivity index (χ0n) is 19.7. The third kappa shape index (κ3) is 4.20. The van der Waals surface area contributed by atoms with Gasteiger partial charge in [0.05, 0.1) is 19.5 Å². The van der Waals surface area contributed by atoms with Crippen LogP contribution in [-0.4, -0.2) is 49.7 Å². The molecule has 2 atom stereocenters. The van der Waals surface area contributed by atoms with Crippen LogP contribution in [-0.2, 0) is 33.8 Å². The summed E-state index contributed by atoms with van der Waals surface area (Å²) in [6, 6.07) is 21.3. The Morgan fingerprint density at radius 2 is 1.46 bits per heavy atom. The highest BCUT2D eigenvalue weighted by atomic mass is 32.2. The van der Waals surface area contributed by atoms with Crippen molar-refractivity contribution in [2.45, 2.75) is 31.7 Å². The first kappa shape index (κ1) is 24.8. The summed E-state index contributed by atoms with van der Waals surface area (Å²) in [5, 5.41) is 1.55. The molecule has 1 heterocycles. The van der Waals surface area contributed by atoms with Gasteiger partial charge in [0.2, 0.25) is 10.0 Å². The van der Waals surface area contributed by atoms with Crippen LogP contribution >= 0.6 is 0 Å². The number of carbonyl (C=O) groups is 2. The van der Waals surface area contributed by atoms with E-state index < -0.39 is 39.8 Å². The van der Waals surface area contributed by atoms with Gasteiger partial charge in [0.1, 0.15) is 6.10 Å². The van der Waals surface area contributed by atoms with Crippen LogP contribution in [0.5, 0.6) is 0 Å². The van der Waals surface area contributed by atoms with Gasteiger partial charge in [-0.1, -0.05) is 72.8 Å². The fraction of sp³-hybridized carbons (Fsp3) is 0.308. The van der Waals surface area contributed by atoms with Gasteiger partial charge in [-0.05, 0) is 35.7 Å². The first-order chi connectivity index (χ1) is 16.8. The standard InChI is InChI=1S/C26H27NO7S/c1-4-32-24(28)26(25(29)33-5-2)22(21-17-11-15-18-12-9-10-16-20(18)21)34-23(27(26)35(3,30)31)19-13-7-6-8-14-19/h6-17,22-23H,4-5H2,1-3H3/t22-,23+/m0/s1. The lowest BCUT2D eigenvalue weighted by Crippen LogP contribution is -2.62. The summed E-state index contributed by atoms with van der Waals surface area (Å²) in [5.41, 5.74) is -1.51. The van der Waals surface area contributed by atoms with E-state index >= 15 is 0 Å². The van der Waals surface area contributed by atoms with Crippen molar-refractivity contribution in [3.8, 4) is 0 Å². The summed E-state index contributed by atoms with van der Waals surface area (Å²) in [6.45, 7) is 3.02. The maximum absolute atomic E-state index is 13.7. The van der Waals surface area contributed by atoms with Gasteiger partial charge < -0.3 is 14.2 Å². The summed E-state index contributed by atoms with van der Waals surface area (Å²) in [7, 11) is -4.22. The minimum atomic E-state index is -4.22. The Bertz CT molecular complexity index is 1320. The third-order valence-electron chi connectivity index (χ3n) is 5.93. The first-order valence-electron chi connectivity index (χ1n) is 11.3. The van der Waals surface area contributed by atoms with Crippen LogP contribution < -0.4 is 0 Å². The van der Waals surface area contributed by atoms with Crippen LogP contribution in [0, 0.1) is 0 Å². The van der Waals surface area contributed by atoms with Gasteiger partial charge in [-0.25, -0.2) is 18.0 Å². The van der Waals surface area contributed by atoms with Gasteiger partial charge >= 0.3 is 11.9 Å². The second-order valence-corrected chi connectivity index (χ2v) is 9.97. The monoisotopic (exact) mass is 497 g/mol. The average Bonchev–Trinajstić information content (AvgIpc) is 3.22. The molecule has 3 aromatic rings. The number of carbonyl (C=O) groups excluding carboxylic acids is 2. The Kier molecular flexibility index (Phi) is 6.93. The fourth-order valence-corrected chi connectivity index (χ4v) is 5.87. The first-order valence-corrected chi connectivity index (χ1v) is 13.1. The molecular weight excluding hydrogens is 470 g/mol. The third-order valence-corrected chi connectivity index (χ3v) is 7.12. The highest BCUT2D eigenvalue weighted by molar-refractivity contribution is 7.88. The molecule has 1 aliphatic rings. The predicted octanol–water partition coefficient (Wildman–Crippen LogP) is 3.74. The smallest absolute Gasteiger partial charge is 0.342 e. The number of benzene rings is 3. The van der Waals surface area contributed by atoms with Crippen LogP contribution in [0.3, 0.4) is 0 Å². The number of hydrogen-bond acceptors (Lipinski definition) is 7. The van der Waals surface area contributed by atoms with Gasteiger partial charge in [0, 0.05) is 0 Å². The van der Waals surface area contributed by atoms with Crippen LogP contribution in [0.25, 0.3) is 10.8 Å². The van der Waals surface area contributed by atoms with E-state index in [1.165, 1.54) is 0 Å². The van der Waals surface area contributed by atoms with Crippen LogP contribution in [0.4, 0.5) is 0 Å². The molecule has 0 spiro atoms. The summed E-state index contributed by atoms with van der Waals surface area (Å²) in [5.74, 6) is -2.11. The predicted molar refractivity (Wildman–Crippen MR) is 130 cm³/mol. The Morgan fingerprint density at radius 1 is 0.886 bits per heavy atom. The van der Waals surface area contributed by atoms with Gasteiger partial charge in [0.15, 0.2) is 6.23 Å². The number of fused-ring (bicyclic) bond motifs is 1. The van der Waals surface area contributed by atoms with E-state index in [9.17, 15) is 18.0 Å². The molecule has 0 saturated carbocycles. The topological polar surface area (TPSA) is 99.2 Å². The molecule has 1 saturated heterocycles. The van der Waals surface area contributed by atoms with Crippen molar-refractivity contribution >= 4 is 32.7 Å². The summed E-state index contributed by atoms with van der Waals surface area (Å²) >= 11 is 0. The van der Waals surface area contributed by atoms with Gasteiger partial charge in [-0.2, -0.15) is 0 Å². The van der Waals surface area contributed by atoms with Crippen LogP contribution in [0.1, 0.15) is 37.3 Å². The van der Waals surface area contributed by atoms with Crippen LogP contribution in [0.2, 0.25) is 0 Å². The summed E-state index contributed by atoms with van der Waals surface area (Å²) < 4.78 is 44.5. The molecule has 0 amide bonds. The van der Waals surface area contributed by atoms with Gasteiger partial charge in [0.25, 0.3) is 5.54 Å². The quantitative estimate of drug-likeness (QED) is 0.362. The lowest BCUT2D eigenvalue weighted by Gasteiger charge is -2.35. The van der Waals surface area contributed by atoms with Gasteiger partial charge in [-0.3, -0.25) is 0 Å². The maximum atomic E-state index is 13.7. The zero-order valence-corrected chi connectivity index (χ0v) is 20.5. The average molecular weight is 498 g/mol. The molecule has 0 unspecified atom stereocenters. The molecule has 3 aromatic carbocycles. The minimum absolute atomic E-state index is 0.0736. The lowest BCUT2D eigenvalue weighted by atomic mass is 9.85. The molecule has 184 valence electrons. The Morgan fingerprint density at radius 3 is 2.06 bits per heavy atom. The van der Waals surface area contributed by atoms with Crippen molar-refractivity contribution in [3.05, 3.63) is 83.9 Å². The van der Waals surface area contributed by atoms with E-state index in [0.717, 1.165) is 15.9 Å². The van der Waals surface area contributed by atoms with Crippen molar-refractivity contribution in [2.75, 3.05) is 19.5 Å². The molecule has 35 heavy (non-hydrogen) atoms. The zero-order chi connectivity index (χ0) is 25.2. The van der Waals surface area contributed by atoms with Crippen molar-refractivity contribution in [1.29, 1.82) is 0 Å². The molecule has 0 aliphatic carbocycles. The number of sulfonamides is 1. The van der Waals surface area contributed by atoms with E-state index in [1.807, 2.05) is 30.3 Å². The second-order valence-electron chi connectivity index (χ2n) is 8.11. The Balaban J connectivity index is 2.09. The number of nitrogens with zero attached hydrogens (tertiary/aromatic N) is 1. The molecule has 9 heteroatoms. The maximum Gasteiger partial charge on any atom is 0.342 e.